The van der Waals surface area contributed by atoms with Gasteiger partial charge >= 0.3 is 0 Å². The SMILES string of the molecule is Cc1ccc(CNC(=O)C2CCCN(C(=O)c3nnc(C(=O)Nc4ccc5c(c4)OCO5)s3)C2)o1. The Morgan fingerprint density at radius 1 is 1.11 bits per heavy atom. The fourth-order valence-electron chi connectivity index (χ4n) is 3.97. The van der Waals surface area contributed by atoms with Crippen LogP contribution in [0.4, 0.5) is 5.69 Å². The van der Waals surface area contributed by atoms with Gasteiger partial charge in [-0.15, -0.1) is 10.2 Å². The Bertz CT molecular complexity index is 1270. The summed E-state index contributed by atoms with van der Waals surface area (Å²) < 4.78 is 16.1. The average molecular weight is 498 g/mol. The molecule has 5 rings (SSSR count). The van der Waals surface area contributed by atoms with Gasteiger partial charge in [0, 0.05) is 24.8 Å². The van der Waals surface area contributed by atoms with Crippen LogP contribution < -0.4 is 20.1 Å². The summed E-state index contributed by atoms with van der Waals surface area (Å²) in [6, 6.07) is 8.70. The number of furan rings is 1. The number of nitrogens with zero attached hydrogens (tertiary/aromatic N) is 3. The smallest absolute Gasteiger partial charge is 0.286 e. The molecule has 1 saturated heterocycles. The summed E-state index contributed by atoms with van der Waals surface area (Å²) in [6.45, 7) is 3.07. The van der Waals surface area contributed by atoms with Crippen LogP contribution in [0.25, 0.3) is 0 Å². The molecule has 1 aromatic carbocycles. The molecule has 0 saturated carbocycles. The van der Waals surface area contributed by atoms with Gasteiger partial charge in [-0.3, -0.25) is 14.4 Å². The van der Waals surface area contributed by atoms with Crippen molar-refractivity contribution in [3.05, 3.63) is 51.9 Å². The highest BCUT2D eigenvalue weighted by Crippen LogP contribution is 2.34. The molecule has 3 aromatic rings. The van der Waals surface area contributed by atoms with Gasteiger partial charge in [-0.2, -0.15) is 0 Å². The van der Waals surface area contributed by atoms with Crippen LogP contribution >= 0.6 is 11.3 Å². The first kappa shape index (κ1) is 22.8. The Labute approximate surface area is 204 Å². The number of likely N-dealkylation sites (tertiary alicyclic amines) is 1. The lowest BCUT2D eigenvalue weighted by atomic mass is 9.97. The van der Waals surface area contributed by atoms with Crippen molar-refractivity contribution in [2.45, 2.75) is 26.3 Å². The lowest BCUT2D eigenvalue weighted by Crippen LogP contribution is -2.45. The molecule has 1 unspecified atom stereocenters. The molecule has 0 radical (unpaired) electrons. The fraction of sp³-hybridized carbons (Fsp3) is 0.348. The number of carbonyl (C=O) groups excluding carboxylic acids is 3. The number of fused-ring (bicyclic) bond motifs is 1. The summed E-state index contributed by atoms with van der Waals surface area (Å²) in [4.78, 5) is 39.8. The summed E-state index contributed by atoms with van der Waals surface area (Å²) in [5.41, 5.74) is 0.511. The molecule has 2 aliphatic rings. The van der Waals surface area contributed by atoms with Crippen molar-refractivity contribution >= 4 is 34.7 Å². The Hall–Kier alpha value is -3.93. The molecule has 0 spiro atoms. The largest absolute Gasteiger partial charge is 0.465 e. The molecule has 0 aliphatic carbocycles. The van der Waals surface area contributed by atoms with Gasteiger partial charge in [-0.05, 0) is 44.0 Å². The number of rotatable bonds is 6. The molecule has 1 atom stereocenters. The molecule has 1 fully saturated rings. The van der Waals surface area contributed by atoms with E-state index in [-0.39, 0.29) is 41.1 Å². The van der Waals surface area contributed by atoms with Crippen molar-refractivity contribution in [3.63, 3.8) is 0 Å². The summed E-state index contributed by atoms with van der Waals surface area (Å²) in [7, 11) is 0. The van der Waals surface area contributed by atoms with Gasteiger partial charge in [0.15, 0.2) is 11.5 Å². The molecule has 3 amide bonds. The van der Waals surface area contributed by atoms with Crippen LogP contribution in [-0.4, -0.2) is 52.7 Å². The standard InChI is InChI=1S/C23H23N5O6S/c1-13-4-6-16(34-13)10-24-19(29)14-3-2-8-28(11-14)23(31)22-27-26-21(35-22)20(30)25-15-5-7-17-18(9-15)33-12-32-17/h4-7,9,14H,2-3,8,10-12H2,1H3,(H,24,29)(H,25,30). The van der Waals surface area contributed by atoms with Crippen molar-refractivity contribution < 1.29 is 28.3 Å². The third kappa shape index (κ3) is 5.11. The summed E-state index contributed by atoms with van der Waals surface area (Å²) in [5.74, 6) is 1.33. The number of ether oxygens (including phenoxy) is 2. The van der Waals surface area contributed by atoms with Crippen LogP contribution in [0, 0.1) is 12.8 Å². The van der Waals surface area contributed by atoms with E-state index in [1.807, 2.05) is 19.1 Å². The number of amides is 3. The Morgan fingerprint density at radius 2 is 1.94 bits per heavy atom. The minimum Gasteiger partial charge on any atom is -0.465 e. The van der Waals surface area contributed by atoms with E-state index in [1.165, 1.54) is 0 Å². The molecule has 2 aromatic heterocycles. The first-order valence-corrected chi connectivity index (χ1v) is 11.9. The van der Waals surface area contributed by atoms with E-state index >= 15 is 0 Å². The first-order valence-electron chi connectivity index (χ1n) is 11.1. The van der Waals surface area contributed by atoms with Gasteiger partial charge in [0.05, 0.1) is 12.5 Å². The zero-order valence-corrected chi connectivity index (χ0v) is 19.7. The minimum atomic E-state index is -0.482. The van der Waals surface area contributed by atoms with Crippen LogP contribution in [0.3, 0.4) is 0 Å². The monoisotopic (exact) mass is 497 g/mol. The van der Waals surface area contributed by atoms with Gasteiger partial charge < -0.3 is 29.4 Å². The molecule has 182 valence electrons. The van der Waals surface area contributed by atoms with E-state index in [0.717, 1.165) is 17.1 Å². The van der Waals surface area contributed by atoms with E-state index in [9.17, 15) is 14.4 Å². The Balaban J connectivity index is 1.17. The molecule has 12 heteroatoms. The second-order valence-corrected chi connectivity index (χ2v) is 9.23. The number of nitrogens with one attached hydrogen (secondary N) is 2. The number of hydrogen-bond donors (Lipinski definition) is 2. The second kappa shape index (κ2) is 9.74. The molecule has 0 bridgehead atoms. The maximum Gasteiger partial charge on any atom is 0.286 e. The van der Waals surface area contributed by atoms with Crippen molar-refractivity contribution in [1.82, 2.24) is 20.4 Å². The Kier molecular flexibility index (Phi) is 6.36. The van der Waals surface area contributed by atoms with E-state index < -0.39 is 5.91 Å². The third-order valence-electron chi connectivity index (χ3n) is 5.74. The maximum absolute atomic E-state index is 13.0. The predicted molar refractivity (Wildman–Crippen MR) is 124 cm³/mol. The fourth-order valence-corrected chi connectivity index (χ4v) is 4.68. The minimum absolute atomic E-state index is 0.0612. The normalized spacial score (nSPS) is 16.7. The molecule has 2 aliphatic heterocycles. The van der Waals surface area contributed by atoms with Crippen molar-refractivity contribution in [2.75, 3.05) is 25.2 Å². The lowest BCUT2D eigenvalue weighted by molar-refractivity contribution is -0.126. The van der Waals surface area contributed by atoms with Crippen LogP contribution in [0.15, 0.2) is 34.7 Å². The summed E-state index contributed by atoms with van der Waals surface area (Å²) in [6.07, 6.45) is 1.38. The number of aromatic nitrogens is 2. The van der Waals surface area contributed by atoms with E-state index in [1.54, 1.807) is 23.1 Å². The highest BCUT2D eigenvalue weighted by atomic mass is 32.1. The quantitative estimate of drug-likeness (QED) is 0.530. The molecule has 35 heavy (non-hydrogen) atoms. The van der Waals surface area contributed by atoms with Crippen molar-refractivity contribution in [2.24, 2.45) is 5.92 Å². The van der Waals surface area contributed by atoms with Crippen LogP contribution in [0.2, 0.25) is 0 Å². The first-order chi connectivity index (χ1) is 17.0. The molecule has 11 nitrogen and oxygen atoms in total. The van der Waals surface area contributed by atoms with Gasteiger partial charge in [0.2, 0.25) is 22.7 Å². The number of aryl methyl sites for hydroxylation is 1. The van der Waals surface area contributed by atoms with E-state index in [2.05, 4.69) is 20.8 Å². The predicted octanol–water partition coefficient (Wildman–Crippen LogP) is 2.59. The Morgan fingerprint density at radius 3 is 2.77 bits per heavy atom. The van der Waals surface area contributed by atoms with Crippen LogP contribution in [-0.2, 0) is 11.3 Å². The van der Waals surface area contributed by atoms with Gasteiger partial charge in [0.25, 0.3) is 11.8 Å². The van der Waals surface area contributed by atoms with E-state index in [0.29, 0.717) is 48.9 Å². The molecule has 2 N–H and O–H groups in total. The summed E-state index contributed by atoms with van der Waals surface area (Å²) >= 11 is 0.913. The van der Waals surface area contributed by atoms with Gasteiger partial charge in [-0.1, -0.05) is 11.3 Å². The molecule has 4 heterocycles. The highest BCUT2D eigenvalue weighted by molar-refractivity contribution is 7.15. The van der Waals surface area contributed by atoms with E-state index in [4.69, 9.17) is 13.9 Å². The molecular formula is C23H23N5O6S. The summed E-state index contributed by atoms with van der Waals surface area (Å²) in [5, 5.41) is 13.6. The van der Waals surface area contributed by atoms with Crippen LogP contribution in [0.5, 0.6) is 11.5 Å². The third-order valence-corrected chi connectivity index (χ3v) is 6.65. The van der Waals surface area contributed by atoms with Gasteiger partial charge in [-0.25, -0.2) is 0 Å². The maximum atomic E-state index is 13.0. The van der Waals surface area contributed by atoms with Gasteiger partial charge in [0.1, 0.15) is 11.5 Å². The zero-order valence-electron chi connectivity index (χ0n) is 18.9. The highest BCUT2D eigenvalue weighted by Gasteiger charge is 2.31. The average Bonchev–Trinajstić information content (AvgIpc) is 3.63. The topological polar surface area (TPSA) is 136 Å². The number of benzene rings is 1. The number of anilines is 1. The number of piperidine rings is 1. The van der Waals surface area contributed by atoms with Crippen molar-refractivity contribution in [3.8, 4) is 11.5 Å². The van der Waals surface area contributed by atoms with Crippen molar-refractivity contribution in [1.29, 1.82) is 0 Å². The number of carbonyl (C=O) groups is 3. The molecular weight excluding hydrogens is 474 g/mol. The lowest BCUT2D eigenvalue weighted by Gasteiger charge is -2.31. The second-order valence-electron chi connectivity index (χ2n) is 8.26. The number of hydrogen-bond acceptors (Lipinski definition) is 9. The van der Waals surface area contributed by atoms with Crippen LogP contribution in [0.1, 0.15) is 44.0 Å². The zero-order chi connectivity index (χ0) is 24.4.